The molecule has 0 bridgehead atoms. The van der Waals surface area contributed by atoms with Crippen molar-refractivity contribution in [1.82, 2.24) is 19.7 Å². The molecule has 0 aliphatic carbocycles. The number of ether oxygens (including phenoxy) is 1. The summed E-state index contributed by atoms with van der Waals surface area (Å²) in [7, 11) is 3.79. The Morgan fingerprint density at radius 2 is 2.29 bits per heavy atom. The molecule has 24 heavy (non-hydrogen) atoms. The van der Waals surface area contributed by atoms with Gasteiger partial charge in [0, 0.05) is 50.8 Å². The van der Waals surface area contributed by atoms with Crippen molar-refractivity contribution >= 4 is 5.91 Å². The summed E-state index contributed by atoms with van der Waals surface area (Å²) >= 11 is 0. The number of hydrogen-bond acceptors (Lipinski definition) is 4. The molecule has 2 aromatic rings. The van der Waals surface area contributed by atoms with Crippen LogP contribution in [-0.2, 0) is 23.0 Å². The maximum absolute atomic E-state index is 12.6. The maximum atomic E-state index is 12.6. The van der Waals surface area contributed by atoms with E-state index in [4.69, 9.17) is 4.74 Å². The first-order chi connectivity index (χ1) is 11.6. The lowest BCUT2D eigenvalue weighted by Gasteiger charge is -2.28. The summed E-state index contributed by atoms with van der Waals surface area (Å²) in [5.74, 6) is 0.141. The van der Waals surface area contributed by atoms with Gasteiger partial charge in [0.2, 0.25) is 5.91 Å². The number of likely N-dealkylation sites (N-methyl/N-ethyl adjacent to an activating group) is 1. The highest BCUT2D eigenvalue weighted by Crippen LogP contribution is 2.32. The van der Waals surface area contributed by atoms with E-state index in [2.05, 4.69) is 10.1 Å². The highest BCUT2D eigenvalue weighted by Gasteiger charge is 2.34. The van der Waals surface area contributed by atoms with Crippen LogP contribution in [0.25, 0.3) is 0 Å². The molecule has 1 saturated heterocycles. The standard InChI is InChI=1S/C18H24N4O2/c1-13-14(12-20-22(13)3)6-7-17(23)21(2)16-8-10-24-18(16)15-5-4-9-19-11-15/h4-5,9,11-12,16,18H,6-8,10H2,1-3H3/t16-,18+/m0/s1. The average molecular weight is 328 g/mol. The van der Waals surface area contributed by atoms with Gasteiger partial charge in [-0.2, -0.15) is 5.10 Å². The smallest absolute Gasteiger partial charge is 0.222 e. The lowest BCUT2D eigenvalue weighted by Crippen LogP contribution is -2.39. The molecule has 3 heterocycles. The Balaban J connectivity index is 1.63. The van der Waals surface area contributed by atoms with E-state index in [9.17, 15) is 4.79 Å². The van der Waals surface area contributed by atoms with E-state index in [1.165, 1.54) is 0 Å². The maximum Gasteiger partial charge on any atom is 0.222 e. The fourth-order valence-electron chi connectivity index (χ4n) is 3.23. The normalized spacial score (nSPS) is 20.3. The van der Waals surface area contributed by atoms with Crippen LogP contribution in [-0.4, -0.2) is 45.3 Å². The number of nitrogens with zero attached hydrogens (tertiary/aromatic N) is 4. The number of pyridine rings is 1. The van der Waals surface area contributed by atoms with Gasteiger partial charge >= 0.3 is 0 Å². The molecular formula is C18H24N4O2. The lowest BCUT2D eigenvalue weighted by atomic mass is 10.0. The number of carbonyl (C=O) groups is 1. The van der Waals surface area contributed by atoms with Crippen LogP contribution >= 0.6 is 0 Å². The Morgan fingerprint density at radius 1 is 1.46 bits per heavy atom. The summed E-state index contributed by atoms with van der Waals surface area (Å²) in [6, 6.07) is 3.98. The van der Waals surface area contributed by atoms with E-state index >= 15 is 0 Å². The minimum absolute atomic E-state index is 0.0664. The molecule has 0 saturated carbocycles. The number of aryl methyl sites for hydroxylation is 2. The van der Waals surface area contributed by atoms with Gasteiger partial charge in [0.05, 0.1) is 12.2 Å². The van der Waals surface area contributed by atoms with Gasteiger partial charge < -0.3 is 9.64 Å². The summed E-state index contributed by atoms with van der Waals surface area (Å²) in [4.78, 5) is 18.6. The molecule has 0 aromatic carbocycles. The largest absolute Gasteiger partial charge is 0.371 e. The second kappa shape index (κ2) is 7.13. The Hall–Kier alpha value is -2.21. The van der Waals surface area contributed by atoms with E-state index in [-0.39, 0.29) is 18.1 Å². The van der Waals surface area contributed by atoms with Crippen molar-refractivity contribution in [1.29, 1.82) is 0 Å². The van der Waals surface area contributed by atoms with Crippen LogP contribution in [0.3, 0.4) is 0 Å². The van der Waals surface area contributed by atoms with Crippen molar-refractivity contribution in [2.45, 2.75) is 38.3 Å². The minimum Gasteiger partial charge on any atom is -0.371 e. The third-order valence-corrected chi connectivity index (χ3v) is 4.91. The van der Waals surface area contributed by atoms with E-state index in [0.29, 0.717) is 19.4 Å². The Kier molecular flexibility index (Phi) is 4.94. The van der Waals surface area contributed by atoms with Crippen molar-refractivity contribution in [3.8, 4) is 0 Å². The number of carbonyl (C=O) groups excluding carboxylic acids is 1. The Labute approximate surface area is 142 Å². The monoisotopic (exact) mass is 328 g/mol. The Morgan fingerprint density at radius 3 is 2.96 bits per heavy atom. The third kappa shape index (κ3) is 3.33. The summed E-state index contributed by atoms with van der Waals surface area (Å²) in [6.45, 7) is 2.70. The zero-order valence-electron chi connectivity index (χ0n) is 14.5. The van der Waals surface area contributed by atoms with Gasteiger partial charge in [0.15, 0.2) is 0 Å². The molecule has 1 aliphatic heterocycles. The summed E-state index contributed by atoms with van der Waals surface area (Å²) < 4.78 is 7.70. The van der Waals surface area contributed by atoms with Crippen LogP contribution in [0, 0.1) is 6.92 Å². The summed E-state index contributed by atoms with van der Waals surface area (Å²) in [6.07, 6.45) is 7.38. The molecule has 2 atom stereocenters. The number of hydrogen-bond donors (Lipinski definition) is 0. The van der Waals surface area contributed by atoms with Gasteiger partial charge in [0.1, 0.15) is 6.10 Å². The first kappa shape index (κ1) is 16.6. The molecule has 1 amide bonds. The van der Waals surface area contributed by atoms with Gasteiger partial charge in [-0.25, -0.2) is 0 Å². The second-order valence-corrected chi connectivity index (χ2v) is 6.32. The molecule has 128 valence electrons. The number of amides is 1. The molecule has 0 radical (unpaired) electrons. The molecular weight excluding hydrogens is 304 g/mol. The third-order valence-electron chi connectivity index (χ3n) is 4.91. The SMILES string of the molecule is Cc1c(CCC(=O)N(C)[C@H]2CCO[C@@H]2c2cccnc2)cnn1C. The highest BCUT2D eigenvalue weighted by atomic mass is 16.5. The van der Waals surface area contributed by atoms with E-state index in [1.54, 1.807) is 6.20 Å². The molecule has 3 rings (SSSR count). The van der Waals surface area contributed by atoms with Crippen molar-refractivity contribution in [2.75, 3.05) is 13.7 Å². The van der Waals surface area contributed by atoms with Crippen molar-refractivity contribution < 1.29 is 9.53 Å². The fraction of sp³-hybridized carbons (Fsp3) is 0.500. The molecule has 0 N–H and O–H groups in total. The average Bonchev–Trinajstić information content (AvgIpc) is 3.21. The van der Waals surface area contributed by atoms with Gasteiger partial charge in [-0.05, 0) is 31.4 Å². The first-order valence-corrected chi connectivity index (χ1v) is 8.32. The van der Waals surface area contributed by atoms with Crippen molar-refractivity contribution in [3.63, 3.8) is 0 Å². The number of rotatable bonds is 5. The zero-order chi connectivity index (χ0) is 17.1. The summed E-state index contributed by atoms with van der Waals surface area (Å²) in [5.41, 5.74) is 3.27. The van der Waals surface area contributed by atoms with E-state index in [0.717, 1.165) is 23.2 Å². The molecule has 1 fully saturated rings. The van der Waals surface area contributed by atoms with Crippen LogP contribution in [0.5, 0.6) is 0 Å². The molecule has 1 aliphatic rings. The first-order valence-electron chi connectivity index (χ1n) is 8.32. The van der Waals surface area contributed by atoms with E-state index in [1.807, 2.05) is 55.1 Å². The minimum atomic E-state index is -0.0900. The summed E-state index contributed by atoms with van der Waals surface area (Å²) in [5, 5.41) is 4.23. The molecule has 6 nitrogen and oxygen atoms in total. The van der Waals surface area contributed by atoms with Gasteiger partial charge in [-0.15, -0.1) is 0 Å². The molecule has 0 unspecified atom stereocenters. The van der Waals surface area contributed by atoms with Gasteiger partial charge in [0.25, 0.3) is 0 Å². The van der Waals surface area contributed by atoms with Crippen LogP contribution in [0.4, 0.5) is 0 Å². The van der Waals surface area contributed by atoms with Crippen molar-refractivity contribution in [3.05, 3.63) is 47.5 Å². The molecule has 0 spiro atoms. The van der Waals surface area contributed by atoms with Crippen LogP contribution in [0.1, 0.15) is 35.8 Å². The predicted molar refractivity (Wildman–Crippen MR) is 90.4 cm³/mol. The lowest BCUT2D eigenvalue weighted by molar-refractivity contribution is -0.133. The van der Waals surface area contributed by atoms with Crippen LogP contribution in [0.15, 0.2) is 30.7 Å². The molecule has 2 aromatic heterocycles. The van der Waals surface area contributed by atoms with Crippen molar-refractivity contribution in [2.24, 2.45) is 7.05 Å². The van der Waals surface area contributed by atoms with Gasteiger partial charge in [-0.3, -0.25) is 14.5 Å². The fourth-order valence-corrected chi connectivity index (χ4v) is 3.23. The number of aromatic nitrogens is 3. The second-order valence-electron chi connectivity index (χ2n) is 6.32. The zero-order valence-corrected chi connectivity index (χ0v) is 14.5. The van der Waals surface area contributed by atoms with Gasteiger partial charge in [-0.1, -0.05) is 6.07 Å². The topological polar surface area (TPSA) is 60.3 Å². The van der Waals surface area contributed by atoms with Crippen LogP contribution in [0.2, 0.25) is 0 Å². The Bertz CT molecular complexity index is 698. The highest BCUT2D eigenvalue weighted by molar-refractivity contribution is 5.76. The van der Waals surface area contributed by atoms with Crippen LogP contribution < -0.4 is 0 Å². The predicted octanol–water partition coefficient (Wildman–Crippen LogP) is 2.04. The quantitative estimate of drug-likeness (QED) is 0.843. The molecule has 6 heteroatoms. The van der Waals surface area contributed by atoms with E-state index < -0.39 is 0 Å².